The van der Waals surface area contributed by atoms with Crippen molar-refractivity contribution >= 4 is 5.91 Å². The Kier molecular flexibility index (Phi) is 7.27. The Morgan fingerprint density at radius 3 is 2.84 bits per heavy atom. The van der Waals surface area contributed by atoms with Crippen molar-refractivity contribution < 1.29 is 9.63 Å². The molecule has 5 nitrogen and oxygen atoms in total. The van der Waals surface area contributed by atoms with Crippen LogP contribution in [0.25, 0.3) is 0 Å². The fourth-order valence-electron chi connectivity index (χ4n) is 3.73. The number of aryl methyl sites for hydroxylation is 1. The number of hydrogen-bond acceptors (Lipinski definition) is 4. The number of carbonyl (C=O) groups excluding carboxylic acids is 1. The van der Waals surface area contributed by atoms with E-state index in [0.29, 0.717) is 19.0 Å². The van der Waals surface area contributed by atoms with Crippen LogP contribution in [0.15, 0.2) is 30.3 Å². The van der Waals surface area contributed by atoms with E-state index in [4.69, 9.17) is 4.84 Å². The van der Waals surface area contributed by atoms with Gasteiger partial charge in [-0.25, -0.2) is 0 Å². The number of nitrogens with one attached hydrogen (secondary N) is 1. The lowest BCUT2D eigenvalue weighted by Crippen LogP contribution is -2.48. The summed E-state index contributed by atoms with van der Waals surface area (Å²) in [7, 11) is 0. The average Bonchev–Trinajstić information content (AvgIpc) is 3.15. The molecule has 0 bridgehead atoms. The highest BCUT2D eigenvalue weighted by Crippen LogP contribution is 2.12. The van der Waals surface area contributed by atoms with Crippen molar-refractivity contribution in [2.24, 2.45) is 0 Å². The van der Waals surface area contributed by atoms with E-state index >= 15 is 0 Å². The van der Waals surface area contributed by atoms with E-state index in [1.165, 1.54) is 18.4 Å². The summed E-state index contributed by atoms with van der Waals surface area (Å²) in [6, 6.07) is 11.0. The Morgan fingerprint density at radius 1 is 1.16 bits per heavy atom. The second-order valence-corrected chi connectivity index (χ2v) is 7.16. The molecule has 1 aromatic rings. The number of rotatable bonds is 8. The predicted octanol–water partition coefficient (Wildman–Crippen LogP) is 2.23. The molecule has 3 rings (SSSR count). The van der Waals surface area contributed by atoms with Gasteiger partial charge >= 0.3 is 0 Å². The zero-order valence-corrected chi connectivity index (χ0v) is 15.2. The van der Waals surface area contributed by atoms with Crippen LogP contribution in [0.4, 0.5) is 0 Å². The number of carbonyl (C=O) groups is 1. The first kappa shape index (κ1) is 18.4. The van der Waals surface area contributed by atoms with Gasteiger partial charge in [-0.05, 0) is 50.8 Å². The molecule has 2 aliphatic rings. The lowest BCUT2D eigenvalue weighted by Gasteiger charge is -2.33. The fourth-order valence-corrected chi connectivity index (χ4v) is 3.73. The van der Waals surface area contributed by atoms with Gasteiger partial charge in [-0.3, -0.25) is 9.63 Å². The van der Waals surface area contributed by atoms with E-state index in [9.17, 15) is 4.79 Å². The largest absolute Gasteiger partial charge is 0.352 e. The summed E-state index contributed by atoms with van der Waals surface area (Å²) < 4.78 is 0. The van der Waals surface area contributed by atoms with Crippen molar-refractivity contribution in [3.05, 3.63) is 35.9 Å². The number of piperidine rings is 1. The molecule has 2 heterocycles. The Hall–Kier alpha value is -1.43. The van der Waals surface area contributed by atoms with Crippen LogP contribution in [0.1, 0.15) is 37.7 Å². The zero-order valence-electron chi connectivity index (χ0n) is 15.2. The summed E-state index contributed by atoms with van der Waals surface area (Å²) in [5, 5.41) is 5.13. The summed E-state index contributed by atoms with van der Waals surface area (Å²) in [6.45, 7) is 5.71. The summed E-state index contributed by atoms with van der Waals surface area (Å²) in [5.41, 5.74) is 1.41. The van der Waals surface area contributed by atoms with Crippen LogP contribution in [0.3, 0.4) is 0 Å². The van der Waals surface area contributed by atoms with Crippen molar-refractivity contribution in [3.63, 3.8) is 0 Å². The first-order chi connectivity index (χ1) is 12.3. The quantitative estimate of drug-likeness (QED) is 0.785. The topological polar surface area (TPSA) is 44.8 Å². The molecule has 0 aromatic heterocycles. The minimum atomic E-state index is 0.159. The number of likely N-dealkylation sites (tertiary alicyclic amines) is 1. The van der Waals surface area contributed by atoms with E-state index in [0.717, 1.165) is 52.0 Å². The Balaban J connectivity index is 1.32. The molecular weight excluding hydrogens is 314 g/mol. The SMILES string of the molecule is O=C(CCN1CCCO1)NC1CCCN(CCCc2ccccc2)C1. The second-order valence-electron chi connectivity index (χ2n) is 7.16. The van der Waals surface area contributed by atoms with Crippen LogP contribution in [0.2, 0.25) is 0 Å². The zero-order chi connectivity index (χ0) is 17.3. The molecule has 0 saturated carbocycles. The van der Waals surface area contributed by atoms with Crippen molar-refractivity contribution in [3.8, 4) is 0 Å². The normalized spacial score (nSPS) is 22.2. The summed E-state index contributed by atoms with van der Waals surface area (Å²) in [5.74, 6) is 0.159. The van der Waals surface area contributed by atoms with Gasteiger partial charge < -0.3 is 10.2 Å². The third-order valence-electron chi connectivity index (χ3n) is 5.07. The Labute approximate surface area is 151 Å². The molecule has 25 heavy (non-hydrogen) atoms. The maximum Gasteiger partial charge on any atom is 0.221 e. The predicted molar refractivity (Wildman–Crippen MR) is 99.1 cm³/mol. The third-order valence-corrected chi connectivity index (χ3v) is 5.07. The van der Waals surface area contributed by atoms with Crippen LogP contribution in [-0.4, -0.2) is 61.2 Å². The van der Waals surface area contributed by atoms with E-state index in [2.05, 4.69) is 40.5 Å². The number of hydrogen-bond donors (Lipinski definition) is 1. The number of benzene rings is 1. The van der Waals surface area contributed by atoms with Gasteiger partial charge in [0.1, 0.15) is 0 Å². The maximum absolute atomic E-state index is 12.2. The van der Waals surface area contributed by atoms with Crippen LogP contribution in [-0.2, 0) is 16.1 Å². The van der Waals surface area contributed by atoms with Gasteiger partial charge in [0.15, 0.2) is 0 Å². The molecule has 2 fully saturated rings. The van der Waals surface area contributed by atoms with E-state index in [-0.39, 0.29) is 5.91 Å². The Morgan fingerprint density at radius 2 is 2.04 bits per heavy atom. The standard InChI is InChI=1S/C20H31N3O2/c24-20(11-15-23-14-6-16-25-23)21-19-10-5-13-22(17-19)12-4-9-18-7-2-1-3-8-18/h1-3,7-8,19H,4-6,9-17H2,(H,21,24). The minimum absolute atomic E-state index is 0.159. The van der Waals surface area contributed by atoms with E-state index in [1.54, 1.807) is 0 Å². The van der Waals surface area contributed by atoms with Gasteiger partial charge in [-0.15, -0.1) is 0 Å². The van der Waals surface area contributed by atoms with Crippen molar-refractivity contribution in [2.45, 2.75) is 44.6 Å². The molecule has 0 aliphatic carbocycles. The van der Waals surface area contributed by atoms with Crippen LogP contribution < -0.4 is 5.32 Å². The maximum atomic E-state index is 12.2. The van der Waals surface area contributed by atoms with Gasteiger partial charge in [0, 0.05) is 32.1 Å². The number of amides is 1. The highest BCUT2D eigenvalue weighted by molar-refractivity contribution is 5.76. The molecule has 0 spiro atoms. The Bertz CT molecular complexity index is 517. The molecule has 138 valence electrons. The van der Waals surface area contributed by atoms with E-state index < -0.39 is 0 Å². The molecule has 2 saturated heterocycles. The molecule has 2 aliphatic heterocycles. The van der Waals surface area contributed by atoms with Crippen LogP contribution in [0, 0.1) is 0 Å². The van der Waals surface area contributed by atoms with Crippen LogP contribution in [0.5, 0.6) is 0 Å². The summed E-state index contributed by atoms with van der Waals surface area (Å²) in [6.07, 6.45) is 6.18. The first-order valence-corrected chi connectivity index (χ1v) is 9.73. The molecule has 1 atom stereocenters. The monoisotopic (exact) mass is 345 g/mol. The van der Waals surface area contributed by atoms with E-state index in [1.807, 2.05) is 5.06 Å². The first-order valence-electron chi connectivity index (χ1n) is 9.73. The summed E-state index contributed by atoms with van der Waals surface area (Å²) >= 11 is 0. The lowest BCUT2D eigenvalue weighted by molar-refractivity contribution is -0.131. The highest BCUT2D eigenvalue weighted by atomic mass is 16.7. The molecule has 1 amide bonds. The van der Waals surface area contributed by atoms with Gasteiger partial charge in [-0.2, -0.15) is 5.06 Å². The molecular formula is C20H31N3O2. The third kappa shape index (κ3) is 6.42. The van der Waals surface area contributed by atoms with Gasteiger partial charge in [0.2, 0.25) is 5.91 Å². The van der Waals surface area contributed by atoms with Crippen molar-refractivity contribution in [2.75, 3.05) is 39.3 Å². The lowest BCUT2D eigenvalue weighted by atomic mass is 10.0. The fraction of sp³-hybridized carbons (Fsp3) is 0.650. The molecule has 1 N–H and O–H groups in total. The molecule has 1 unspecified atom stereocenters. The van der Waals surface area contributed by atoms with Gasteiger partial charge in [-0.1, -0.05) is 30.3 Å². The second kappa shape index (κ2) is 9.90. The summed E-state index contributed by atoms with van der Waals surface area (Å²) in [4.78, 5) is 20.1. The number of nitrogens with zero attached hydrogens (tertiary/aromatic N) is 2. The smallest absolute Gasteiger partial charge is 0.221 e. The molecule has 1 aromatic carbocycles. The average molecular weight is 345 g/mol. The van der Waals surface area contributed by atoms with Crippen molar-refractivity contribution in [1.82, 2.24) is 15.3 Å². The highest BCUT2D eigenvalue weighted by Gasteiger charge is 2.21. The van der Waals surface area contributed by atoms with Crippen LogP contribution >= 0.6 is 0 Å². The van der Waals surface area contributed by atoms with Gasteiger partial charge in [0.25, 0.3) is 0 Å². The number of hydroxylamine groups is 2. The van der Waals surface area contributed by atoms with Crippen molar-refractivity contribution in [1.29, 1.82) is 0 Å². The molecule has 0 radical (unpaired) electrons. The van der Waals surface area contributed by atoms with Gasteiger partial charge in [0.05, 0.1) is 6.61 Å². The minimum Gasteiger partial charge on any atom is -0.352 e. The molecule has 5 heteroatoms.